The number of rotatable bonds is 3. The van der Waals surface area contributed by atoms with Crippen LogP contribution in [0.2, 0.25) is 0 Å². The minimum Gasteiger partial charge on any atom is -0.240 e. The van der Waals surface area contributed by atoms with Crippen LogP contribution < -0.4 is 0 Å². The predicted molar refractivity (Wildman–Crippen MR) is 104 cm³/mol. The average molecular weight is 386 g/mol. The number of fused-ring (bicyclic) bond motifs is 1. The first kappa shape index (κ1) is 18.3. The van der Waals surface area contributed by atoms with Crippen molar-refractivity contribution in [1.29, 1.82) is 0 Å². The third-order valence-electron chi connectivity index (χ3n) is 3.72. The Morgan fingerprint density at radius 2 is 1.81 bits per heavy atom. The van der Waals surface area contributed by atoms with Crippen LogP contribution in [-0.4, -0.2) is 23.0 Å². The second-order valence-corrected chi connectivity index (χ2v) is 8.39. The summed E-state index contributed by atoms with van der Waals surface area (Å²) >= 11 is 1.13. The maximum absolute atomic E-state index is 12.7. The first-order valence-electron chi connectivity index (χ1n) is 8.26. The van der Waals surface area contributed by atoms with E-state index >= 15 is 0 Å². The molecule has 0 saturated carbocycles. The molecule has 26 heavy (non-hydrogen) atoms. The molecule has 0 bridgehead atoms. The van der Waals surface area contributed by atoms with Gasteiger partial charge in [-0.15, -0.1) is 11.3 Å². The van der Waals surface area contributed by atoms with Gasteiger partial charge in [-0.05, 0) is 36.8 Å². The Labute approximate surface area is 156 Å². The third-order valence-corrected chi connectivity index (χ3v) is 6.74. The number of aryl methyl sites for hydroxylation is 1. The Kier molecular flexibility index (Phi) is 5.20. The van der Waals surface area contributed by atoms with Gasteiger partial charge in [-0.25, -0.2) is 17.9 Å². The molecular weight excluding hydrogens is 366 g/mol. The number of hydrogen-bond acceptors (Lipinski definition) is 5. The molecule has 0 aliphatic carbocycles. The van der Waals surface area contributed by atoms with E-state index in [2.05, 4.69) is 10.1 Å². The first-order valence-corrected chi connectivity index (χ1v) is 10.6. The van der Waals surface area contributed by atoms with Crippen molar-refractivity contribution in [3.8, 4) is 11.3 Å². The Bertz CT molecular complexity index is 1130. The molecule has 0 aliphatic heterocycles. The van der Waals surface area contributed by atoms with Gasteiger partial charge >= 0.3 is 0 Å². The smallest absolute Gasteiger partial charge is 0.233 e. The number of benzene rings is 1. The highest BCUT2D eigenvalue weighted by Crippen LogP contribution is 2.30. The molecule has 1 aromatic carbocycles. The van der Waals surface area contributed by atoms with Gasteiger partial charge in [0.25, 0.3) is 0 Å². The molecule has 0 aliphatic rings. The summed E-state index contributed by atoms with van der Waals surface area (Å²) in [7, 11) is -3.59. The lowest BCUT2D eigenvalue weighted by atomic mass is 10.2. The molecule has 3 heterocycles. The van der Waals surface area contributed by atoms with Crippen LogP contribution in [0.3, 0.4) is 0 Å². The second-order valence-electron chi connectivity index (χ2n) is 5.41. The molecule has 0 saturated heterocycles. The van der Waals surface area contributed by atoms with Gasteiger partial charge < -0.3 is 0 Å². The minimum absolute atomic E-state index is 0.0932. The monoisotopic (exact) mass is 385 g/mol. The number of thiazole rings is 1. The normalized spacial score (nSPS) is 11.2. The summed E-state index contributed by atoms with van der Waals surface area (Å²) < 4.78 is 27.2. The number of hydrogen-bond donors (Lipinski definition) is 0. The highest BCUT2D eigenvalue weighted by Gasteiger charge is 2.22. The average Bonchev–Trinajstić information content (AvgIpc) is 3.31. The molecule has 0 fully saturated rings. The first-order chi connectivity index (χ1) is 12.6. The Morgan fingerprint density at radius 1 is 1.08 bits per heavy atom. The molecule has 0 spiro atoms. The van der Waals surface area contributed by atoms with Crippen molar-refractivity contribution in [3.63, 3.8) is 0 Å². The molecule has 4 aromatic rings. The summed E-state index contributed by atoms with van der Waals surface area (Å²) in [5.74, 6) is 0. The minimum atomic E-state index is -3.59. The fraction of sp³-hybridized carbons (Fsp3) is 0.158. The summed E-state index contributed by atoms with van der Waals surface area (Å²) in [5, 5.41) is 6.06. The van der Waals surface area contributed by atoms with Crippen molar-refractivity contribution in [2.45, 2.75) is 30.0 Å². The van der Waals surface area contributed by atoms with Crippen molar-refractivity contribution < 1.29 is 8.42 Å². The number of pyridine rings is 1. The SMILES string of the molecule is CC.Cc1ccn2ncc(-c3csc(S(=O)(=O)c4ccccc4)n3)c2c1. The maximum Gasteiger partial charge on any atom is 0.233 e. The zero-order valence-corrected chi connectivity index (χ0v) is 16.4. The van der Waals surface area contributed by atoms with Crippen LogP contribution >= 0.6 is 11.3 Å². The Morgan fingerprint density at radius 3 is 2.54 bits per heavy atom. The van der Waals surface area contributed by atoms with E-state index in [0.29, 0.717) is 5.69 Å². The lowest BCUT2D eigenvalue weighted by Crippen LogP contribution is -2.01. The van der Waals surface area contributed by atoms with E-state index in [4.69, 9.17) is 0 Å². The molecule has 0 amide bonds. The highest BCUT2D eigenvalue weighted by molar-refractivity contribution is 7.93. The Hall–Kier alpha value is -2.51. The van der Waals surface area contributed by atoms with Crippen LogP contribution in [-0.2, 0) is 9.84 Å². The van der Waals surface area contributed by atoms with Crippen LogP contribution in [0.15, 0.2) is 69.5 Å². The van der Waals surface area contributed by atoms with Crippen molar-refractivity contribution >= 4 is 26.7 Å². The number of nitrogens with zero attached hydrogens (tertiary/aromatic N) is 3. The second kappa shape index (κ2) is 7.39. The van der Waals surface area contributed by atoms with E-state index in [0.717, 1.165) is 28.0 Å². The molecule has 7 heteroatoms. The van der Waals surface area contributed by atoms with E-state index in [9.17, 15) is 8.42 Å². The van der Waals surface area contributed by atoms with Gasteiger partial charge in [0.2, 0.25) is 14.2 Å². The van der Waals surface area contributed by atoms with Crippen LogP contribution in [0.25, 0.3) is 16.8 Å². The number of aromatic nitrogens is 3. The van der Waals surface area contributed by atoms with Crippen molar-refractivity contribution in [1.82, 2.24) is 14.6 Å². The van der Waals surface area contributed by atoms with E-state index in [1.165, 1.54) is 0 Å². The van der Waals surface area contributed by atoms with Gasteiger partial charge in [-0.2, -0.15) is 5.10 Å². The molecule has 5 nitrogen and oxygen atoms in total. The summed E-state index contributed by atoms with van der Waals surface area (Å²) in [6.07, 6.45) is 3.59. The van der Waals surface area contributed by atoms with Crippen molar-refractivity contribution in [2.24, 2.45) is 0 Å². The van der Waals surface area contributed by atoms with Gasteiger partial charge in [-0.1, -0.05) is 32.0 Å². The van der Waals surface area contributed by atoms with Gasteiger partial charge in [0, 0.05) is 17.1 Å². The van der Waals surface area contributed by atoms with Gasteiger partial charge in [-0.3, -0.25) is 0 Å². The fourth-order valence-electron chi connectivity index (χ4n) is 2.49. The van der Waals surface area contributed by atoms with Gasteiger partial charge in [0.15, 0.2) is 0 Å². The predicted octanol–water partition coefficient (Wildman–Crippen LogP) is 4.63. The molecule has 3 aromatic heterocycles. The van der Waals surface area contributed by atoms with Crippen LogP contribution in [0.1, 0.15) is 19.4 Å². The van der Waals surface area contributed by atoms with Gasteiger partial charge in [0.05, 0.1) is 22.3 Å². The molecule has 0 N–H and O–H groups in total. The quantitative estimate of drug-likeness (QED) is 0.516. The maximum atomic E-state index is 12.7. The number of sulfone groups is 1. The summed E-state index contributed by atoms with van der Waals surface area (Å²) in [6.45, 7) is 6.00. The summed E-state index contributed by atoms with van der Waals surface area (Å²) in [4.78, 5) is 4.61. The molecule has 4 rings (SSSR count). The van der Waals surface area contributed by atoms with Crippen molar-refractivity contribution in [2.75, 3.05) is 0 Å². The molecule has 0 unspecified atom stereocenters. The fourth-order valence-corrected chi connectivity index (χ4v) is 4.91. The molecule has 0 atom stereocenters. The zero-order valence-electron chi connectivity index (χ0n) is 14.7. The largest absolute Gasteiger partial charge is 0.240 e. The van der Waals surface area contributed by atoms with Crippen LogP contribution in [0.5, 0.6) is 0 Å². The highest BCUT2D eigenvalue weighted by atomic mass is 32.2. The van der Waals surface area contributed by atoms with Crippen molar-refractivity contribution in [3.05, 3.63) is 65.8 Å². The molecule has 134 valence electrons. The topological polar surface area (TPSA) is 64.3 Å². The van der Waals surface area contributed by atoms with E-state index in [-0.39, 0.29) is 9.24 Å². The lowest BCUT2D eigenvalue weighted by molar-refractivity contribution is 0.595. The summed E-state index contributed by atoms with van der Waals surface area (Å²) in [5.41, 5.74) is 3.46. The lowest BCUT2D eigenvalue weighted by Gasteiger charge is -2.00. The Balaban J connectivity index is 0.000000948. The van der Waals surface area contributed by atoms with E-state index < -0.39 is 9.84 Å². The summed E-state index contributed by atoms with van der Waals surface area (Å²) in [6, 6.07) is 12.3. The van der Waals surface area contributed by atoms with Gasteiger partial charge in [0.1, 0.15) is 0 Å². The zero-order chi connectivity index (χ0) is 18.7. The molecular formula is C19H19N3O2S2. The third kappa shape index (κ3) is 3.27. The van der Waals surface area contributed by atoms with E-state index in [1.807, 2.05) is 39.1 Å². The van der Waals surface area contributed by atoms with Crippen LogP contribution in [0.4, 0.5) is 0 Å². The van der Waals surface area contributed by atoms with E-state index in [1.54, 1.807) is 46.4 Å². The molecule has 0 radical (unpaired) electrons. The standard InChI is InChI=1S/C17H13N3O2S2.C2H6/c1-12-7-8-20-16(9-12)14(10-18-20)15-11-23-17(19-15)24(21,22)13-5-3-2-4-6-13;1-2/h2-11H,1H3;1-2H3. The van der Waals surface area contributed by atoms with Crippen LogP contribution in [0, 0.1) is 6.92 Å².